The largest absolute Gasteiger partial charge is 0.479 e. The lowest BCUT2D eigenvalue weighted by molar-refractivity contribution is 0.0378. The van der Waals surface area contributed by atoms with Crippen LogP contribution in [0.5, 0.6) is 23.5 Å². The molecule has 45 heavy (non-hydrogen) atoms. The molecule has 4 heterocycles. The fourth-order valence-electron chi connectivity index (χ4n) is 6.30. The number of benzene rings is 1. The molecule has 3 aromatic rings. The minimum Gasteiger partial charge on any atom is -0.479 e. The van der Waals surface area contributed by atoms with Gasteiger partial charge in [-0.1, -0.05) is 55.6 Å². The fraction of sp³-hybridized carbons (Fsp3) is 0.531. The Morgan fingerprint density at radius 3 is 2.40 bits per heavy atom. The Hall–Kier alpha value is -3.40. The van der Waals surface area contributed by atoms with Crippen molar-refractivity contribution in [2.75, 3.05) is 64.2 Å². The first-order valence-corrected chi connectivity index (χ1v) is 22.0. The third-order valence-electron chi connectivity index (χ3n) is 9.31. The molecule has 11 nitrogen and oxygen atoms in total. The third-order valence-corrected chi connectivity index (χ3v) is 17.9. The van der Waals surface area contributed by atoms with E-state index in [4.69, 9.17) is 23.4 Å². The van der Waals surface area contributed by atoms with Crippen molar-refractivity contribution in [1.82, 2.24) is 14.9 Å². The number of nitrogens with one attached hydrogen (secondary N) is 2. The molecule has 0 saturated carbocycles. The maximum absolute atomic E-state index is 13.3. The minimum absolute atomic E-state index is 0.0760. The number of morpholine rings is 1. The van der Waals surface area contributed by atoms with E-state index in [2.05, 4.69) is 77.7 Å². The summed E-state index contributed by atoms with van der Waals surface area (Å²) < 4.78 is 28.5. The molecule has 2 aliphatic rings. The van der Waals surface area contributed by atoms with Gasteiger partial charge in [-0.2, -0.15) is 9.97 Å². The molecule has 2 aliphatic heterocycles. The molecule has 1 fully saturated rings. The lowest BCUT2D eigenvalue weighted by Gasteiger charge is -2.44. The van der Waals surface area contributed by atoms with Gasteiger partial charge in [-0.15, -0.1) is 0 Å². The highest BCUT2D eigenvalue weighted by Gasteiger charge is 2.44. The number of rotatable bonds is 11. The van der Waals surface area contributed by atoms with Gasteiger partial charge < -0.3 is 34.0 Å². The number of carbonyl (C=O) groups is 1. The van der Waals surface area contributed by atoms with E-state index in [0.29, 0.717) is 12.5 Å². The summed E-state index contributed by atoms with van der Waals surface area (Å²) in [7, 11) is -0.226. The Morgan fingerprint density at radius 1 is 1.04 bits per heavy atom. The first-order valence-electron chi connectivity index (χ1n) is 15.7. The molecule has 13 heteroatoms. The molecule has 1 atom stereocenters. The van der Waals surface area contributed by atoms with Crippen molar-refractivity contribution in [3.05, 3.63) is 35.6 Å². The molecule has 1 aromatic carbocycles. The summed E-state index contributed by atoms with van der Waals surface area (Å²) >= 11 is 0. The number of furan rings is 1. The van der Waals surface area contributed by atoms with Crippen LogP contribution in [0.1, 0.15) is 29.5 Å². The van der Waals surface area contributed by atoms with Crippen molar-refractivity contribution in [1.29, 1.82) is 0 Å². The van der Waals surface area contributed by atoms with Gasteiger partial charge in [-0.3, -0.25) is 9.69 Å². The highest BCUT2D eigenvalue weighted by atomic mass is 28.3. The molecule has 0 aliphatic carbocycles. The Bertz CT molecular complexity index is 1500. The number of aryl methyl sites for hydroxylation is 1. The maximum Gasteiger partial charge on any atom is 0.291 e. The van der Waals surface area contributed by atoms with Gasteiger partial charge in [0, 0.05) is 25.7 Å². The quantitative estimate of drug-likeness (QED) is 0.220. The van der Waals surface area contributed by atoms with E-state index >= 15 is 0 Å². The Kier molecular flexibility index (Phi) is 9.92. The number of methoxy groups -OCH3 is 2. The molecular formula is C32H47N5O6Si2. The van der Waals surface area contributed by atoms with Crippen LogP contribution in [-0.2, 0) is 4.74 Å². The van der Waals surface area contributed by atoms with Gasteiger partial charge in [-0.05, 0) is 43.1 Å². The summed E-state index contributed by atoms with van der Waals surface area (Å²) in [5.74, 6) is 1.28. The van der Waals surface area contributed by atoms with E-state index in [1.54, 1.807) is 17.3 Å². The molecule has 2 aromatic heterocycles. The summed E-state index contributed by atoms with van der Waals surface area (Å²) in [6, 6.07) is 9.09. The van der Waals surface area contributed by atoms with Crippen molar-refractivity contribution < 1.29 is 28.2 Å². The number of aromatic nitrogens is 2. The molecule has 2 N–H and O–H groups in total. The molecule has 1 amide bonds. The van der Waals surface area contributed by atoms with Gasteiger partial charge in [0.15, 0.2) is 11.4 Å². The molecule has 5 rings (SSSR count). The average molecular weight is 654 g/mol. The highest BCUT2D eigenvalue weighted by Crippen LogP contribution is 2.37. The van der Waals surface area contributed by atoms with Crippen molar-refractivity contribution in [3.8, 4) is 23.5 Å². The molecule has 0 bridgehead atoms. The number of nitrogens with zero attached hydrogens (tertiary/aromatic N) is 3. The van der Waals surface area contributed by atoms with Crippen LogP contribution in [0.3, 0.4) is 0 Å². The van der Waals surface area contributed by atoms with Crippen molar-refractivity contribution in [3.63, 3.8) is 0 Å². The molecule has 0 radical (unpaired) electrons. The lowest BCUT2D eigenvalue weighted by atomic mass is 10.2. The second-order valence-electron chi connectivity index (χ2n) is 13.2. The normalized spacial score (nSPS) is 19.0. The first-order chi connectivity index (χ1) is 21.4. The van der Waals surface area contributed by atoms with Gasteiger partial charge in [0.2, 0.25) is 17.7 Å². The van der Waals surface area contributed by atoms with E-state index in [1.807, 2.05) is 0 Å². The van der Waals surface area contributed by atoms with Crippen molar-refractivity contribution in [2.24, 2.45) is 0 Å². The lowest BCUT2D eigenvalue weighted by Crippen LogP contribution is -2.65. The number of ether oxygens (including phenoxy) is 4. The maximum atomic E-state index is 13.3. The predicted octanol–water partition coefficient (Wildman–Crippen LogP) is 4.81. The number of hydrogen-bond acceptors (Lipinski definition) is 10. The second kappa shape index (κ2) is 13.5. The Balaban J connectivity index is 1.27. The summed E-state index contributed by atoms with van der Waals surface area (Å²) in [5.41, 5.74) is 2.03. The Labute approximate surface area is 268 Å². The van der Waals surface area contributed by atoms with Gasteiger partial charge >= 0.3 is 0 Å². The molecule has 1 saturated heterocycles. The highest BCUT2D eigenvalue weighted by molar-refractivity contribution is 7.04. The summed E-state index contributed by atoms with van der Waals surface area (Å²) in [6.45, 7) is 19.4. The monoisotopic (exact) mass is 653 g/mol. The second-order valence-corrected chi connectivity index (χ2v) is 22.9. The van der Waals surface area contributed by atoms with Crippen LogP contribution in [0.25, 0.3) is 0 Å². The van der Waals surface area contributed by atoms with E-state index in [-0.39, 0.29) is 29.2 Å². The van der Waals surface area contributed by atoms with Gasteiger partial charge in [0.1, 0.15) is 5.75 Å². The molecule has 0 spiro atoms. The number of fused-ring (bicyclic) bond motifs is 1. The van der Waals surface area contributed by atoms with Crippen LogP contribution >= 0.6 is 0 Å². The number of hydrogen-bond donors (Lipinski definition) is 2. The topological polar surface area (TPSA) is 120 Å². The van der Waals surface area contributed by atoms with Crippen molar-refractivity contribution >= 4 is 44.1 Å². The number of carbonyl (C=O) groups excluding carboxylic acids is 1. The van der Waals surface area contributed by atoms with Crippen LogP contribution in [-0.4, -0.2) is 90.5 Å². The SMILES string of the molecule is COc1nc(NCCCN2CCOCC2)nc(OC)c1NC(=O)c1ccc(Oc2cc3c(cc2C)[Si](C)(C)C(C)C[Si]3(C)C)o1. The van der Waals surface area contributed by atoms with Crippen LogP contribution in [0, 0.1) is 6.92 Å². The van der Waals surface area contributed by atoms with Crippen molar-refractivity contribution in [2.45, 2.75) is 58.0 Å². The fourth-order valence-corrected chi connectivity index (χ4v) is 16.8. The Morgan fingerprint density at radius 2 is 1.73 bits per heavy atom. The summed E-state index contributed by atoms with van der Waals surface area (Å²) in [4.78, 5) is 24.5. The smallest absolute Gasteiger partial charge is 0.291 e. The summed E-state index contributed by atoms with van der Waals surface area (Å²) in [5, 5.41) is 9.05. The van der Waals surface area contributed by atoms with E-state index in [9.17, 15) is 4.79 Å². The zero-order valence-corrected chi connectivity index (χ0v) is 29.8. The van der Waals surface area contributed by atoms with Gasteiger partial charge in [-0.25, -0.2) is 0 Å². The van der Waals surface area contributed by atoms with Gasteiger partial charge in [0.25, 0.3) is 11.9 Å². The van der Waals surface area contributed by atoms with E-state index in [1.165, 1.54) is 25.5 Å². The molecule has 1 unspecified atom stereocenters. The first kappa shape index (κ1) is 33.0. The van der Waals surface area contributed by atoms with Crippen LogP contribution in [0.2, 0.25) is 37.8 Å². The van der Waals surface area contributed by atoms with Crippen LogP contribution in [0.4, 0.5) is 11.6 Å². The van der Waals surface area contributed by atoms with Crippen LogP contribution in [0.15, 0.2) is 28.7 Å². The standard InChI is InChI=1S/C32H47N5O6Si2/c1-21-18-26-25(44(5,6)20-22(2)45(26,7)8)19-24(21)43-27-11-10-23(42-27)29(38)34-28-30(39-3)35-32(36-31(28)40-4)33-12-9-13-37-14-16-41-17-15-37/h10-11,18-19,22H,9,12-17,20H2,1-8H3,(H,34,38)(H,33,35,36). The number of amides is 1. The third kappa shape index (κ3) is 7.21. The zero-order valence-electron chi connectivity index (χ0n) is 27.8. The van der Waals surface area contributed by atoms with Crippen LogP contribution < -0.4 is 35.2 Å². The van der Waals surface area contributed by atoms with E-state index in [0.717, 1.165) is 56.1 Å². The molecular weight excluding hydrogens is 607 g/mol. The average Bonchev–Trinajstić information content (AvgIpc) is 3.48. The zero-order chi connectivity index (χ0) is 32.4. The van der Waals surface area contributed by atoms with E-state index < -0.39 is 22.1 Å². The minimum atomic E-state index is -1.62. The predicted molar refractivity (Wildman–Crippen MR) is 182 cm³/mol. The number of anilines is 2. The van der Waals surface area contributed by atoms with Gasteiger partial charge in [0.05, 0.1) is 43.6 Å². The summed E-state index contributed by atoms with van der Waals surface area (Å²) in [6.07, 6.45) is 0.916. The molecule has 244 valence electrons.